The molecule has 2 amide bonds. The monoisotopic (exact) mass is 278 g/mol. The summed E-state index contributed by atoms with van der Waals surface area (Å²) in [5.74, 6) is 0.365. The molecule has 2 aliphatic rings. The van der Waals surface area contributed by atoms with E-state index in [4.69, 9.17) is 5.11 Å². The van der Waals surface area contributed by atoms with Crippen molar-refractivity contribution in [1.29, 1.82) is 0 Å². The van der Waals surface area contributed by atoms with E-state index in [0.717, 1.165) is 13.1 Å². The molecule has 108 valence electrons. The molecule has 7 heteroatoms. The number of anilines is 1. The second-order valence-electron chi connectivity index (χ2n) is 5.61. The van der Waals surface area contributed by atoms with Gasteiger partial charge in [0.25, 0.3) is 0 Å². The maximum absolute atomic E-state index is 12.1. The normalized spacial score (nSPS) is 24.7. The number of carboxylic acids is 1. The van der Waals surface area contributed by atoms with Crippen LogP contribution in [0.1, 0.15) is 19.3 Å². The number of carboxylic acid groups (broad SMARTS) is 1. The molecule has 0 radical (unpaired) electrons. The number of amides is 2. The smallest absolute Gasteiger partial charge is 0.325 e. The summed E-state index contributed by atoms with van der Waals surface area (Å²) in [6.07, 6.45) is 6.74. The molecule has 2 atom stereocenters. The molecule has 1 aromatic heterocycles. The lowest BCUT2D eigenvalue weighted by Gasteiger charge is -2.17. The summed E-state index contributed by atoms with van der Waals surface area (Å²) in [5, 5.41) is 15.3. The van der Waals surface area contributed by atoms with Gasteiger partial charge in [-0.1, -0.05) is 6.42 Å². The van der Waals surface area contributed by atoms with Crippen molar-refractivity contribution in [3.8, 4) is 0 Å². The third-order valence-electron chi connectivity index (χ3n) is 4.20. The van der Waals surface area contributed by atoms with Crippen molar-refractivity contribution < 1.29 is 14.7 Å². The van der Waals surface area contributed by atoms with Crippen LogP contribution in [0.15, 0.2) is 12.4 Å². The average Bonchev–Trinajstić information content (AvgIpc) is 3.02. The molecule has 2 N–H and O–H groups in total. The first-order chi connectivity index (χ1) is 9.61. The lowest BCUT2D eigenvalue weighted by molar-refractivity contribution is -0.137. The number of carbonyl (C=O) groups is 2. The molecule has 3 rings (SSSR count). The maximum atomic E-state index is 12.1. The van der Waals surface area contributed by atoms with Crippen molar-refractivity contribution in [1.82, 2.24) is 14.7 Å². The van der Waals surface area contributed by atoms with Gasteiger partial charge in [-0.2, -0.15) is 5.10 Å². The van der Waals surface area contributed by atoms with Gasteiger partial charge in [-0.3, -0.25) is 9.48 Å². The predicted octanol–water partition coefficient (Wildman–Crippen LogP) is 1.23. The summed E-state index contributed by atoms with van der Waals surface area (Å²) in [5.41, 5.74) is 0.535. The van der Waals surface area contributed by atoms with Gasteiger partial charge in [0.2, 0.25) is 0 Å². The molecule has 1 aromatic rings. The van der Waals surface area contributed by atoms with E-state index >= 15 is 0 Å². The van der Waals surface area contributed by atoms with Crippen molar-refractivity contribution in [3.05, 3.63) is 12.4 Å². The molecule has 2 unspecified atom stereocenters. The van der Waals surface area contributed by atoms with Gasteiger partial charge in [0.15, 0.2) is 0 Å². The zero-order chi connectivity index (χ0) is 14.1. The number of aliphatic carboxylic acids is 1. The van der Waals surface area contributed by atoms with Crippen LogP contribution in [-0.4, -0.2) is 44.9 Å². The van der Waals surface area contributed by atoms with E-state index in [2.05, 4.69) is 10.4 Å². The number of fused-ring (bicyclic) bond motifs is 1. The first kappa shape index (κ1) is 13.0. The molecule has 0 aromatic carbocycles. The number of likely N-dealkylation sites (tertiary alicyclic amines) is 1. The van der Waals surface area contributed by atoms with Crippen LogP contribution in [0, 0.1) is 11.8 Å². The number of nitrogens with zero attached hydrogens (tertiary/aromatic N) is 3. The van der Waals surface area contributed by atoms with Gasteiger partial charge in [-0.05, 0) is 24.7 Å². The minimum absolute atomic E-state index is 0.116. The fraction of sp³-hybridized carbons (Fsp3) is 0.615. The highest BCUT2D eigenvalue weighted by molar-refractivity contribution is 5.89. The van der Waals surface area contributed by atoms with E-state index in [9.17, 15) is 9.59 Å². The number of nitrogens with one attached hydrogen (secondary N) is 1. The Kier molecular flexibility index (Phi) is 3.33. The van der Waals surface area contributed by atoms with E-state index < -0.39 is 5.97 Å². The Morgan fingerprint density at radius 1 is 1.35 bits per heavy atom. The molecule has 1 saturated carbocycles. The molecule has 2 fully saturated rings. The van der Waals surface area contributed by atoms with Crippen LogP contribution in [0.25, 0.3) is 0 Å². The van der Waals surface area contributed by atoms with E-state index in [0.29, 0.717) is 17.5 Å². The number of aromatic nitrogens is 2. The number of carbonyl (C=O) groups excluding carboxylic acids is 1. The SMILES string of the molecule is O=C(O)Cn1cc(NC(=O)N2CC3CCCC3C2)cn1. The maximum Gasteiger partial charge on any atom is 0.325 e. The zero-order valence-electron chi connectivity index (χ0n) is 11.2. The van der Waals surface area contributed by atoms with Crippen LogP contribution in [0.3, 0.4) is 0 Å². The van der Waals surface area contributed by atoms with Crippen LogP contribution in [0.4, 0.5) is 10.5 Å². The molecule has 0 bridgehead atoms. The highest BCUT2D eigenvalue weighted by atomic mass is 16.4. The summed E-state index contributed by atoms with van der Waals surface area (Å²) in [4.78, 5) is 24.6. The van der Waals surface area contributed by atoms with Crippen molar-refractivity contribution in [2.75, 3.05) is 18.4 Å². The molecular formula is C13H18N4O3. The summed E-state index contributed by atoms with van der Waals surface area (Å²) in [7, 11) is 0. The first-order valence-electron chi connectivity index (χ1n) is 6.92. The summed E-state index contributed by atoms with van der Waals surface area (Å²) >= 11 is 0. The summed E-state index contributed by atoms with van der Waals surface area (Å²) in [6, 6.07) is -0.116. The first-order valence-corrected chi connectivity index (χ1v) is 6.92. The van der Waals surface area contributed by atoms with E-state index in [1.165, 1.54) is 36.3 Å². The second-order valence-corrected chi connectivity index (χ2v) is 5.61. The number of rotatable bonds is 3. The van der Waals surface area contributed by atoms with Gasteiger partial charge >= 0.3 is 12.0 Å². The second kappa shape index (κ2) is 5.15. The van der Waals surface area contributed by atoms with Crippen molar-refractivity contribution >= 4 is 17.7 Å². The Morgan fingerprint density at radius 3 is 2.70 bits per heavy atom. The van der Waals surface area contributed by atoms with Crippen LogP contribution in [-0.2, 0) is 11.3 Å². The Bertz CT molecular complexity index is 515. The van der Waals surface area contributed by atoms with Gasteiger partial charge in [-0.15, -0.1) is 0 Å². The number of hydrogen-bond acceptors (Lipinski definition) is 3. The predicted molar refractivity (Wildman–Crippen MR) is 71.3 cm³/mol. The fourth-order valence-electron chi connectivity index (χ4n) is 3.26. The standard InChI is InChI=1S/C13H18N4O3/c18-12(19)8-17-7-11(4-14-17)15-13(20)16-5-9-2-1-3-10(9)6-16/h4,7,9-10H,1-3,5-6,8H2,(H,15,20)(H,18,19). The van der Waals surface area contributed by atoms with Crippen LogP contribution in [0.5, 0.6) is 0 Å². The molecule has 2 heterocycles. The number of hydrogen-bond donors (Lipinski definition) is 2. The largest absolute Gasteiger partial charge is 0.480 e. The Hall–Kier alpha value is -2.05. The number of urea groups is 1. The molecular weight excluding hydrogens is 260 g/mol. The molecule has 1 saturated heterocycles. The minimum atomic E-state index is -0.960. The Labute approximate surface area is 116 Å². The van der Waals surface area contributed by atoms with Crippen molar-refractivity contribution in [2.24, 2.45) is 11.8 Å². The molecule has 20 heavy (non-hydrogen) atoms. The molecule has 7 nitrogen and oxygen atoms in total. The minimum Gasteiger partial charge on any atom is -0.480 e. The molecule has 1 aliphatic heterocycles. The third kappa shape index (κ3) is 2.61. The highest BCUT2D eigenvalue weighted by Gasteiger charge is 2.38. The van der Waals surface area contributed by atoms with E-state index in [1.807, 2.05) is 4.90 Å². The van der Waals surface area contributed by atoms with E-state index in [-0.39, 0.29) is 12.6 Å². The average molecular weight is 278 g/mol. The van der Waals surface area contributed by atoms with Crippen LogP contribution < -0.4 is 5.32 Å². The quantitative estimate of drug-likeness (QED) is 0.870. The fourth-order valence-corrected chi connectivity index (χ4v) is 3.26. The summed E-state index contributed by atoms with van der Waals surface area (Å²) in [6.45, 7) is 1.46. The van der Waals surface area contributed by atoms with Crippen LogP contribution in [0.2, 0.25) is 0 Å². The lowest BCUT2D eigenvalue weighted by atomic mass is 10.0. The van der Waals surface area contributed by atoms with Crippen LogP contribution >= 0.6 is 0 Å². The van der Waals surface area contributed by atoms with Gasteiger partial charge in [0.1, 0.15) is 6.54 Å². The highest BCUT2D eigenvalue weighted by Crippen LogP contribution is 2.37. The Balaban J connectivity index is 1.56. The van der Waals surface area contributed by atoms with E-state index in [1.54, 1.807) is 0 Å². The van der Waals surface area contributed by atoms with Gasteiger partial charge < -0.3 is 15.3 Å². The van der Waals surface area contributed by atoms with Gasteiger partial charge in [0.05, 0.1) is 11.9 Å². The third-order valence-corrected chi connectivity index (χ3v) is 4.20. The molecule has 0 spiro atoms. The van der Waals surface area contributed by atoms with Crippen molar-refractivity contribution in [3.63, 3.8) is 0 Å². The van der Waals surface area contributed by atoms with Gasteiger partial charge in [-0.25, -0.2) is 4.79 Å². The summed E-state index contributed by atoms with van der Waals surface area (Å²) < 4.78 is 1.29. The molecule has 1 aliphatic carbocycles. The van der Waals surface area contributed by atoms with Crippen molar-refractivity contribution in [2.45, 2.75) is 25.8 Å². The lowest BCUT2D eigenvalue weighted by Crippen LogP contribution is -2.33. The zero-order valence-corrected chi connectivity index (χ0v) is 11.2. The Morgan fingerprint density at radius 2 is 2.05 bits per heavy atom. The van der Waals surface area contributed by atoms with Gasteiger partial charge in [0, 0.05) is 19.3 Å². The topological polar surface area (TPSA) is 87.5 Å².